The molecule has 3 rings (SSSR count). The summed E-state index contributed by atoms with van der Waals surface area (Å²) in [5.41, 5.74) is 7.91. The third-order valence-corrected chi connectivity index (χ3v) is 3.16. The van der Waals surface area contributed by atoms with Gasteiger partial charge in [-0.1, -0.05) is 32.0 Å². The lowest BCUT2D eigenvalue weighted by Crippen LogP contribution is -2.19. The molecule has 0 bridgehead atoms. The lowest BCUT2D eigenvalue weighted by Gasteiger charge is -2.07. The molecule has 0 unspecified atom stereocenters. The molecule has 120 valence electrons. The van der Waals surface area contributed by atoms with Crippen LogP contribution in [0.1, 0.15) is 30.8 Å². The fraction of sp³-hybridized carbons (Fsp3) is 0.188. The fourth-order valence-electron chi connectivity index (χ4n) is 2.13. The van der Waals surface area contributed by atoms with Crippen molar-refractivity contribution in [3.63, 3.8) is 0 Å². The molecule has 0 saturated carbocycles. The molecule has 2 heterocycles. The van der Waals surface area contributed by atoms with Gasteiger partial charge in [-0.05, 0) is 11.6 Å². The minimum Gasteiger partial charge on any atom is -0.380 e. The summed E-state index contributed by atoms with van der Waals surface area (Å²) < 4.78 is 15.6. The molecule has 23 heavy (non-hydrogen) atoms. The maximum Gasteiger partial charge on any atom is 0.170 e. The quantitative estimate of drug-likeness (QED) is 0.335. The molecular formula is C16H19FN6. The van der Waals surface area contributed by atoms with Gasteiger partial charge in [0.25, 0.3) is 0 Å². The van der Waals surface area contributed by atoms with Crippen LogP contribution in [0.25, 0.3) is 5.65 Å². The molecule has 0 amide bonds. The Labute approximate surface area is 133 Å². The number of aromatic nitrogens is 3. The smallest absolute Gasteiger partial charge is 0.170 e. The van der Waals surface area contributed by atoms with E-state index in [1.165, 1.54) is 6.07 Å². The summed E-state index contributed by atoms with van der Waals surface area (Å²) in [6.07, 6.45) is 5.38. The molecule has 0 aliphatic heterocycles. The first kappa shape index (κ1) is 16.4. The maximum atomic E-state index is 13.8. The van der Waals surface area contributed by atoms with Gasteiger partial charge in [0.05, 0.1) is 5.69 Å². The summed E-state index contributed by atoms with van der Waals surface area (Å²) in [5, 5.41) is 3.44. The molecule has 6 nitrogen and oxygen atoms in total. The first-order chi connectivity index (χ1) is 11.2. The number of nitrogens with zero attached hydrogens (tertiary/aromatic N) is 4. The fourth-order valence-corrected chi connectivity index (χ4v) is 2.13. The first-order valence-electron chi connectivity index (χ1n) is 7.28. The molecule has 0 atom stereocenters. The minimum atomic E-state index is -0.283. The van der Waals surface area contributed by atoms with Crippen molar-refractivity contribution in [3.05, 3.63) is 65.6 Å². The minimum absolute atomic E-state index is 0.111. The lowest BCUT2D eigenvalue weighted by atomic mass is 10.1. The van der Waals surface area contributed by atoms with Gasteiger partial charge in [-0.25, -0.2) is 14.4 Å². The number of hydrogen-bond donors (Lipinski definition) is 2. The van der Waals surface area contributed by atoms with Crippen LogP contribution < -0.4 is 11.6 Å². The molecule has 0 spiro atoms. The van der Waals surface area contributed by atoms with E-state index in [4.69, 9.17) is 11.6 Å². The van der Waals surface area contributed by atoms with Crippen molar-refractivity contribution >= 4 is 11.5 Å². The zero-order chi connectivity index (χ0) is 16.8. The molecule has 0 aliphatic carbocycles. The number of halogens is 1. The Morgan fingerprint density at radius 2 is 2.04 bits per heavy atom. The number of benzene rings is 1. The van der Waals surface area contributed by atoms with Gasteiger partial charge in [-0.15, -0.1) is 0 Å². The number of hydrogen-bond acceptors (Lipinski definition) is 4. The maximum absolute atomic E-state index is 13.8. The van der Waals surface area contributed by atoms with Crippen LogP contribution in [-0.2, 0) is 6.42 Å². The van der Waals surface area contributed by atoms with E-state index in [2.05, 4.69) is 15.1 Å². The average Bonchev–Trinajstić information content (AvgIpc) is 3.06. The van der Waals surface area contributed by atoms with Crippen LogP contribution in [0.3, 0.4) is 0 Å². The monoisotopic (exact) mass is 314 g/mol. The standard InChI is InChI=1S/C14H13FN6.C2H6/c15-10-4-2-1-3-9(10)7-11-14-18-5-6-21(14)8-12(19-11)13(16)20-17;1-2/h1-6,8H,7,17H2,(H2,16,20);1-2H3. The van der Waals surface area contributed by atoms with Crippen LogP contribution in [0.2, 0.25) is 0 Å². The largest absolute Gasteiger partial charge is 0.380 e. The van der Waals surface area contributed by atoms with Gasteiger partial charge < -0.3 is 16.0 Å². The SMILES string of the molecule is CC.N/N=C(\N)c1cn2ccnc2c(Cc2ccccc2F)n1. The van der Waals surface area contributed by atoms with Crippen molar-refractivity contribution in [3.8, 4) is 0 Å². The summed E-state index contributed by atoms with van der Waals surface area (Å²) in [4.78, 5) is 8.63. The highest BCUT2D eigenvalue weighted by molar-refractivity contribution is 5.95. The number of amidine groups is 1. The second kappa shape index (κ2) is 7.35. The Kier molecular flexibility index (Phi) is 5.24. The number of nitrogens with two attached hydrogens (primary N) is 2. The molecule has 3 aromatic rings. The van der Waals surface area contributed by atoms with E-state index in [1.807, 2.05) is 13.8 Å². The highest BCUT2D eigenvalue weighted by Gasteiger charge is 2.12. The zero-order valence-electron chi connectivity index (χ0n) is 13.1. The lowest BCUT2D eigenvalue weighted by molar-refractivity contribution is 0.613. The Morgan fingerprint density at radius 3 is 2.74 bits per heavy atom. The summed E-state index contributed by atoms with van der Waals surface area (Å²) in [6.45, 7) is 4.00. The Hall–Kier alpha value is -2.96. The van der Waals surface area contributed by atoms with Crippen LogP contribution in [0, 0.1) is 5.82 Å². The number of rotatable bonds is 3. The normalized spacial score (nSPS) is 11.2. The molecular weight excluding hydrogens is 295 g/mol. The van der Waals surface area contributed by atoms with Gasteiger partial charge in [0.15, 0.2) is 11.5 Å². The molecule has 0 radical (unpaired) electrons. The van der Waals surface area contributed by atoms with E-state index in [9.17, 15) is 4.39 Å². The molecule has 0 aliphatic rings. The predicted octanol–water partition coefficient (Wildman–Crippen LogP) is 2.06. The first-order valence-corrected chi connectivity index (χ1v) is 7.28. The van der Waals surface area contributed by atoms with Crippen molar-refractivity contribution < 1.29 is 4.39 Å². The molecule has 1 aromatic carbocycles. The second-order valence-electron chi connectivity index (χ2n) is 4.51. The van der Waals surface area contributed by atoms with Gasteiger partial charge in [0.1, 0.15) is 11.5 Å². The molecule has 7 heteroatoms. The topological polar surface area (TPSA) is 94.6 Å². The van der Waals surface area contributed by atoms with Crippen LogP contribution in [-0.4, -0.2) is 20.2 Å². The molecule has 4 N–H and O–H groups in total. The van der Waals surface area contributed by atoms with E-state index in [1.54, 1.807) is 41.2 Å². The molecule has 0 fully saturated rings. The van der Waals surface area contributed by atoms with Gasteiger partial charge in [-0.2, -0.15) is 5.10 Å². The Balaban J connectivity index is 0.000000924. The van der Waals surface area contributed by atoms with Crippen LogP contribution in [0.4, 0.5) is 4.39 Å². The third-order valence-electron chi connectivity index (χ3n) is 3.16. The van der Waals surface area contributed by atoms with E-state index < -0.39 is 0 Å². The average molecular weight is 314 g/mol. The second-order valence-corrected chi connectivity index (χ2v) is 4.51. The number of fused-ring (bicyclic) bond motifs is 1. The van der Waals surface area contributed by atoms with E-state index >= 15 is 0 Å². The van der Waals surface area contributed by atoms with E-state index in [-0.39, 0.29) is 11.7 Å². The Morgan fingerprint density at radius 1 is 1.30 bits per heavy atom. The molecule has 0 saturated heterocycles. The predicted molar refractivity (Wildman–Crippen MR) is 88.5 cm³/mol. The summed E-state index contributed by atoms with van der Waals surface area (Å²) in [5.74, 6) is 5.02. The van der Waals surface area contributed by atoms with Gasteiger partial charge in [-0.3, -0.25) is 0 Å². The van der Waals surface area contributed by atoms with Gasteiger partial charge in [0.2, 0.25) is 0 Å². The van der Waals surface area contributed by atoms with Crippen LogP contribution >= 0.6 is 0 Å². The third kappa shape index (κ3) is 3.45. The van der Waals surface area contributed by atoms with Crippen molar-refractivity contribution in [2.24, 2.45) is 16.7 Å². The highest BCUT2D eigenvalue weighted by atomic mass is 19.1. The van der Waals surface area contributed by atoms with Crippen LogP contribution in [0.15, 0.2) is 48.0 Å². The summed E-state index contributed by atoms with van der Waals surface area (Å²) >= 11 is 0. The van der Waals surface area contributed by atoms with E-state index in [0.717, 1.165) is 0 Å². The van der Waals surface area contributed by atoms with Crippen molar-refractivity contribution in [1.29, 1.82) is 0 Å². The highest BCUT2D eigenvalue weighted by Crippen LogP contribution is 2.16. The summed E-state index contributed by atoms with van der Waals surface area (Å²) in [7, 11) is 0. The van der Waals surface area contributed by atoms with Gasteiger partial charge >= 0.3 is 0 Å². The number of imidazole rings is 1. The summed E-state index contributed by atoms with van der Waals surface area (Å²) in [6, 6.07) is 6.55. The number of hydrazone groups is 1. The van der Waals surface area contributed by atoms with E-state index in [0.29, 0.717) is 29.0 Å². The van der Waals surface area contributed by atoms with Crippen molar-refractivity contribution in [1.82, 2.24) is 14.4 Å². The van der Waals surface area contributed by atoms with Crippen molar-refractivity contribution in [2.45, 2.75) is 20.3 Å². The Bertz CT molecular complexity index is 824. The van der Waals surface area contributed by atoms with Crippen LogP contribution in [0.5, 0.6) is 0 Å². The molecule has 2 aromatic heterocycles. The zero-order valence-corrected chi connectivity index (χ0v) is 13.1. The van der Waals surface area contributed by atoms with Gasteiger partial charge in [0, 0.05) is 25.0 Å². The van der Waals surface area contributed by atoms with Crippen molar-refractivity contribution in [2.75, 3.05) is 0 Å².